The van der Waals surface area contributed by atoms with E-state index >= 15 is 0 Å². The van der Waals surface area contributed by atoms with Crippen molar-refractivity contribution in [1.29, 1.82) is 0 Å². The summed E-state index contributed by atoms with van der Waals surface area (Å²) in [5, 5.41) is 3.36. The Morgan fingerprint density at radius 3 is 2.63 bits per heavy atom. The highest BCUT2D eigenvalue weighted by molar-refractivity contribution is 5.34. The standard InChI is InChI=1S/C16H20FNO/c1-4-13-8-9-15(19-13)16(18-5-2)14-10-12(17)7-6-11(14)3/h6-10,16,18H,4-5H2,1-3H3. The first-order chi connectivity index (χ1) is 9.15. The molecule has 19 heavy (non-hydrogen) atoms. The van der Waals surface area contributed by atoms with E-state index in [0.29, 0.717) is 0 Å². The van der Waals surface area contributed by atoms with E-state index < -0.39 is 0 Å². The van der Waals surface area contributed by atoms with Crippen LogP contribution in [0.2, 0.25) is 0 Å². The van der Waals surface area contributed by atoms with Crippen molar-refractivity contribution >= 4 is 0 Å². The maximum atomic E-state index is 13.5. The van der Waals surface area contributed by atoms with Crippen molar-refractivity contribution in [2.75, 3.05) is 6.54 Å². The van der Waals surface area contributed by atoms with E-state index in [-0.39, 0.29) is 11.9 Å². The Morgan fingerprint density at radius 2 is 2.00 bits per heavy atom. The van der Waals surface area contributed by atoms with Crippen LogP contribution in [0.4, 0.5) is 4.39 Å². The van der Waals surface area contributed by atoms with Crippen molar-refractivity contribution < 1.29 is 8.81 Å². The fourth-order valence-electron chi connectivity index (χ4n) is 2.23. The Morgan fingerprint density at radius 1 is 1.21 bits per heavy atom. The SMILES string of the molecule is CCNC(c1ccc(CC)o1)c1cc(F)ccc1C. The summed E-state index contributed by atoms with van der Waals surface area (Å²) < 4.78 is 19.3. The number of furan rings is 1. The zero-order chi connectivity index (χ0) is 13.8. The predicted molar refractivity (Wildman–Crippen MR) is 74.7 cm³/mol. The maximum Gasteiger partial charge on any atom is 0.125 e. The van der Waals surface area contributed by atoms with Crippen LogP contribution in [0.15, 0.2) is 34.7 Å². The van der Waals surface area contributed by atoms with Crippen LogP contribution in [0.3, 0.4) is 0 Å². The van der Waals surface area contributed by atoms with Crippen LogP contribution in [-0.4, -0.2) is 6.54 Å². The number of hydrogen-bond acceptors (Lipinski definition) is 2. The molecule has 2 aromatic rings. The third-order valence-corrected chi connectivity index (χ3v) is 3.28. The first kappa shape index (κ1) is 13.8. The molecule has 0 aliphatic carbocycles. The Bertz CT molecular complexity index is 547. The van der Waals surface area contributed by atoms with Gasteiger partial charge in [-0.1, -0.05) is 19.9 Å². The number of hydrogen-bond donors (Lipinski definition) is 1. The van der Waals surface area contributed by atoms with E-state index in [1.54, 1.807) is 12.1 Å². The summed E-state index contributed by atoms with van der Waals surface area (Å²) in [6.45, 7) is 6.87. The number of benzene rings is 1. The van der Waals surface area contributed by atoms with Gasteiger partial charge in [-0.15, -0.1) is 0 Å². The molecule has 1 unspecified atom stereocenters. The number of rotatable bonds is 5. The van der Waals surface area contributed by atoms with Gasteiger partial charge in [-0.25, -0.2) is 4.39 Å². The van der Waals surface area contributed by atoms with Gasteiger partial charge in [0, 0.05) is 6.42 Å². The minimum Gasteiger partial charge on any atom is -0.464 e. The molecule has 1 atom stereocenters. The van der Waals surface area contributed by atoms with Gasteiger partial charge in [-0.2, -0.15) is 0 Å². The van der Waals surface area contributed by atoms with Crippen LogP contribution in [0.1, 0.15) is 42.5 Å². The molecule has 1 aromatic heterocycles. The zero-order valence-corrected chi connectivity index (χ0v) is 11.7. The zero-order valence-electron chi connectivity index (χ0n) is 11.7. The van der Waals surface area contributed by atoms with Gasteiger partial charge in [0.15, 0.2) is 0 Å². The molecule has 102 valence electrons. The quantitative estimate of drug-likeness (QED) is 0.880. The van der Waals surface area contributed by atoms with Gasteiger partial charge in [0.25, 0.3) is 0 Å². The van der Waals surface area contributed by atoms with E-state index in [4.69, 9.17) is 4.42 Å². The topological polar surface area (TPSA) is 25.2 Å². The lowest BCUT2D eigenvalue weighted by molar-refractivity contribution is 0.424. The van der Waals surface area contributed by atoms with E-state index in [2.05, 4.69) is 12.2 Å². The van der Waals surface area contributed by atoms with Gasteiger partial charge in [-0.05, 0) is 48.9 Å². The molecule has 0 aliphatic rings. The Balaban J connectivity index is 2.41. The third kappa shape index (κ3) is 3.04. The van der Waals surface area contributed by atoms with Crippen molar-refractivity contribution in [2.24, 2.45) is 0 Å². The van der Waals surface area contributed by atoms with E-state index in [0.717, 1.165) is 35.6 Å². The molecule has 0 aliphatic heterocycles. The fraction of sp³-hybridized carbons (Fsp3) is 0.375. The Kier molecular flexibility index (Phi) is 4.38. The molecule has 0 saturated carbocycles. The summed E-state index contributed by atoms with van der Waals surface area (Å²) in [5.74, 6) is 1.57. The minimum absolute atomic E-state index is 0.0963. The van der Waals surface area contributed by atoms with Crippen LogP contribution in [0, 0.1) is 12.7 Å². The number of nitrogens with one attached hydrogen (secondary N) is 1. The summed E-state index contributed by atoms with van der Waals surface area (Å²) >= 11 is 0. The number of aryl methyl sites for hydroxylation is 2. The molecule has 1 heterocycles. The second-order valence-corrected chi connectivity index (χ2v) is 4.65. The van der Waals surface area contributed by atoms with Crippen LogP contribution in [-0.2, 0) is 6.42 Å². The van der Waals surface area contributed by atoms with Gasteiger partial charge in [0.1, 0.15) is 17.3 Å². The first-order valence-electron chi connectivity index (χ1n) is 6.73. The highest BCUT2D eigenvalue weighted by atomic mass is 19.1. The third-order valence-electron chi connectivity index (χ3n) is 3.28. The van der Waals surface area contributed by atoms with Crippen LogP contribution < -0.4 is 5.32 Å². The first-order valence-corrected chi connectivity index (χ1v) is 6.73. The molecule has 0 fully saturated rings. The molecule has 0 radical (unpaired) electrons. The monoisotopic (exact) mass is 261 g/mol. The van der Waals surface area contributed by atoms with E-state index in [9.17, 15) is 4.39 Å². The van der Waals surface area contributed by atoms with Crippen LogP contribution >= 0.6 is 0 Å². The highest BCUT2D eigenvalue weighted by Gasteiger charge is 2.19. The summed E-state index contributed by atoms with van der Waals surface area (Å²) in [4.78, 5) is 0. The lowest BCUT2D eigenvalue weighted by atomic mass is 9.99. The molecule has 1 aromatic carbocycles. The van der Waals surface area contributed by atoms with Gasteiger partial charge in [0.2, 0.25) is 0 Å². The smallest absolute Gasteiger partial charge is 0.125 e. The Labute approximate surface area is 113 Å². The number of halogens is 1. The van der Waals surface area contributed by atoms with Gasteiger partial charge < -0.3 is 9.73 Å². The molecule has 0 spiro atoms. The van der Waals surface area contributed by atoms with Crippen molar-refractivity contribution in [1.82, 2.24) is 5.32 Å². The van der Waals surface area contributed by atoms with Gasteiger partial charge in [0.05, 0.1) is 6.04 Å². The molecule has 2 rings (SSSR count). The summed E-state index contributed by atoms with van der Waals surface area (Å²) in [7, 11) is 0. The average molecular weight is 261 g/mol. The van der Waals surface area contributed by atoms with E-state index in [1.165, 1.54) is 6.07 Å². The lowest BCUT2D eigenvalue weighted by Gasteiger charge is -2.18. The molecule has 2 nitrogen and oxygen atoms in total. The molecular formula is C16H20FNO. The lowest BCUT2D eigenvalue weighted by Crippen LogP contribution is -2.22. The highest BCUT2D eigenvalue weighted by Crippen LogP contribution is 2.27. The van der Waals surface area contributed by atoms with Gasteiger partial charge in [-0.3, -0.25) is 0 Å². The molecule has 0 amide bonds. The maximum absolute atomic E-state index is 13.5. The summed E-state index contributed by atoms with van der Waals surface area (Å²) in [6.07, 6.45) is 0.862. The molecule has 3 heteroatoms. The summed E-state index contributed by atoms with van der Waals surface area (Å²) in [6, 6.07) is 8.72. The normalized spacial score (nSPS) is 12.6. The molecule has 1 N–H and O–H groups in total. The second-order valence-electron chi connectivity index (χ2n) is 4.65. The van der Waals surface area contributed by atoms with E-state index in [1.807, 2.05) is 26.0 Å². The van der Waals surface area contributed by atoms with Crippen molar-refractivity contribution in [2.45, 2.75) is 33.2 Å². The van der Waals surface area contributed by atoms with Crippen molar-refractivity contribution in [3.63, 3.8) is 0 Å². The predicted octanol–water partition coefficient (Wildman–Crippen LogP) is 3.99. The Hall–Kier alpha value is -1.61. The average Bonchev–Trinajstić information content (AvgIpc) is 2.88. The van der Waals surface area contributed by atoms with Gasteiger partial charge >= 0.3 is 0 Å². The molecule has 0 bridgehead atoms. The fourth-order valence-corrected chi connectivity index (χ4v) is 2.23. The van der Waals surface area contributed by atoms with Crippen LogP contribution in [0.5, 0.6) is 0 Å². The van der Waals surface area contributed by atoms with Crippen molar-refractivity contribution in [3.05, 3.63) is 58.8 Å². The largest absolute Gasteiger partial charge is 0.464 e. The van der Waals surface area contributed by atoms with Crippen LogP contribution in [0.25, 0.3) is 0 Å². The van der Waals surface area contributed by atoms with Crippen molar-refractivity contribution in [3.8, 4) is 0 Å². The molecule has 0 saturated heterocycles. The molecular weight excluding hydrogens is 241 g/mol. The summed E-state index contributed by atoms with van der Waals surface area (Å²) in [5.41, 5.74) is 1.99. The minimum atomic E-state index is -0.217. The second kappa shape index (κ2) is 6.02.